The van der Waals surface area contributed by atoms with Crippen LogP contribution in [-0.4, -0.2) is 24.1 Å². The van der Waals surface area contributed by atoms with Gasteiger partial charge in [0.25, 0.3) is 0 Å². The van der Waals surface area contributed by atoms with Crippen LogP contribution in [0.5, 0.6) is 0 Å². The van der Waals surface area contributed by atoms with Crippen molar-refractivity contribution in [3.05, 3.63) is 60.3 Å². The standard InChI is InChI=1S/C18H18N2O2/c1-22-18(21)16(19)10-13-11-20-17-14(8-5-9-15(13)17)12-6-3-2-4-7-12/h2-9,11,16,20H,10,19H2,1H3/t16-/m0/s1. The van der Waals surface area contributed by atoms with Gasteiger partial charge in [-0.2, -0.15) is 0 Å². The fraction of sp³-hybridized carbons (Fsp3) is 0.167. The Hall–Kier alpha value is -2.59. The third-order valence-electron chi connectivity index (χ3n) is 3.83. The second kappa shape index (κ2) is 6.03. The number of aromatic nitrogens is 1. The highest BCUT2D eigenvalue weighted by Gasteiger charge is 2.17. The summed E-state index contributed by atoms with van der Waals surface area (Å²) in [6.07, 6.45) is 2.37. The summed E-state index contributed by atoms with van der Waals surface area (Å²) >= 11 is 0. The Morgan fingerprint density at radius 2 is 1.95 bits per heavy atom. The van der Waals surface area contributed by atoms with E-state index in [2.05, 4.69) is 23.2 Å². The summed E-state index contributed by atoms with van der Waals surface area (Å²) in [6, 6.07) is 15.7. The molecule has 3 aromatic rings. The maximum Gasteiger partial charge on any atom is 0.322 e. The largest absolute Gasteiger partial charge is 0.468 e. The average Bonchev–Trinajstić information content (AvgIpc) is 2.98. The molecule has 0 aliphatic carbocycles. The van der Waals surface area contributed by atoms with Gasteiger partial charge >= 0.3 is 5.97 Å². The zero-order valence-electron chi connectivity index (χ0n) is 12.4. The number of methoxy groups -OCH3 is 1. The highest BCUT2D eigenvalue weighted by molar-refractivity contribution is 5.96. The van der Waals surface area contributed by atoms with E-state index < -0.39 is 12.0 Å². The first-order chi connectivity index (χ1) is 10.7. The second-order valence-corrected chi connectivity index (χ2v) is 5.24. The molecule has 3 N–H and O–H groups in total. The van der Waals surface area contributed by atoms with Gasteiger partial charge in [0.15, 0.2) is 0 Å². The Kier molecular flexibility index (Phi) is 3.94. The number of benzene rings is 2. The first kappa shape index (κ1) is 14.4. The summed E-state index contributed by atoms with van der Waals surface area (Å²) in [4.78, 5) is 14.8. The van der Waals surface area contributed by atoms with Crippen molar-refractivity contribution in [3.63, 3.8) is 0 Å². The Morgan fingerprint density at radius 3 is 2.68 bits per heavy atom. The molecule has 112 valence electrons. The lowest BCUT2D eigenvalue weighted by Crippen LogP contribution is -2.33. The van der Waals surface area contributed by atoms with E-state index in [1.165, 1.54) is 7.11 Å². The molecule has 0 saturated carbocycles. The quantitative estimate of drug-likeness (QED) is 0.727. The summed E-state index contributed by atoms with van der Waals surface area (Å²) in [5.41, 5.74) is 10.2. The number of ether oxygens (including phenoxy) is 1. The fourth-order valence-electron chi connectivity index (χ4n) is 2.71. The lowest BCUT2D eigenvalue weighted by atomic mass is 10.00. The van der Waals surface area contributed by atoms with Crippen molar-refractivity contribution in [2.24, 2.45) is 5.73 Å². The topological polar surface area (TPSA) is 68.1 Å². The van der Waals surface area contributed by atoms with Gasteiger partial charge in [0.2, 0.25) is 0 Å². The van der Waals surface area contributed by atoms with Crippen molar-refractivity contribution in [2.75, 3.05) is 7.11 Å². The van der Waals surface area contributed by atoms with Crippen LogP contribution < -0.4 is 5.73 Å². The van der Waals surface area contributed by atoms with E-state index in [1.54, 1.807) is 0 Å². The van der Waals surface area contributed by atoms with Crippen LogP contribution in [0.15, 0.2) is 54.7 Å². The number of nitrogens with one attached hydrogen (secondary N) is 1. The summed E-state index contributed by atoms with van der Waals surface area (Å²) in [6.45, 7) is 0. The molecule has 0 fully saturated rings. The van der Waals surface area contributed by atoms with Gasteiger partial charge in [-0.3, -0.25) is 4.79 Å². The molecular formula is C18H18N2O2. The first-order valence-corrected chi connectivity index (χ1v) is 7.18. The number of aromatic amines is 1. The lowest BCUT2D eigenvalue weighted by Gasteiger charge is -2.08. The van der Waals surface area contributed by atoms with Crippen LogP contribution >= 0.6 is 0 Å². The number of carbonyl (C=O) groups is 1. The number of nitrogens with two attached hydrogens (primary N) is 1. The molecule has 1 aromatic heterocycles. The van der Waals surface area contributed by atoms with Crippen LogP contribution in [0.25, 0.3) is 22.0 Å². The van der Waals surface area contributed by atoms with Gasteiger partial charge in [0.05, 0.1) is 12.6 Å². The summed E-state index contributed by atoms with van der Waals surface area (Å²) < 4.78 is 4.69. The summed E-state index contributed by atoms with van der Waals surface area (Å²) in [5.74, 6) is -0.395. The molecule has 0 unspecified atom stereocenters. The molecule has 3 rings (SSSR count). The Balaban J connectivity index is 2.01. The molecule has 4 nitrogen and oxygen atoms in total. The van der Waals surface area contributed by atoms with Gasteiger partial charge < -0.3 is 15.5 Å². The Morgan fingerprint density at radius 1 is 1.18 bits per heavy atom. The van der Waals surface area contributed by atoms with Crippen LogP contribution in [0.3, 0.4) is 0 Å². The van der Waals surface area contributed by atoms with Crippen LogP contribution in [-0.2, 0) is 16.0 Å². The molecule has 0 saturated heterocycles. The highest BCUT2D eigenvalue weighted by atomic mass is 16.5. The monoisotopic (exact) mass is 294 g/mol. The van der Waals surface area contributed by atoms with E-state index in [0.29, 0.717) is 6.42 Å². The molecule has 22 heavy (non-hydrogen) atoms. The number of esters is 1. The molecule has 0 bridgehead atoms. The highest BCUT2D eigenvalue weighted by Crippen LogP contribution is 2.30. The van der Waals surface area contributed by atoms with Crippen LogP contribution in [0.4, 0.5) is 0 Å². The van der Waals surface area contributed by atoms with E-state index in [9.17, 15) is 4.79 Å². The fourth-order valence-corrected chi connectivity index (χ4v) is 2.71. The molecule has 0 radical (unpaired) electrons. The minimum absolute atomic E-state index is 0.395. The number of carbonyl (C=O) groups excluding carboxylic acids is 1. The minimum Gasteiger partial charge on any atom is -0.468 e. The molecule has 4 heteroatoms. The van der Waals surface area contributed by atoms with E-state index in [1.807, 2.05) is 36.5 Å². The van der Waals surface area contributed by atoms with Crippen molar-refractivity contribution in [3.8, 4) is 11.1 Å². The average molecular weight is 294 g/mol. The van der Waals surface area contributed by atoms with Crippen LogP contribution in [0.1, 0.15) is 5.56 Å². The normalized spacial score (nSPS) is 12.3. The van der Waals surface area contributed by atoms with Crippen molar-refractivity contribution in [2.45, 2.75) is 12.5 Å². The predicted octanol–water partition coefficient (Wildman–Crippen LogP) is 2.88. The molecule has 1 heterocycles. The van der Waals surface area contributed by atoms with Crippen LogP contribution in [0, 0.1) is 0 Å². The van der Waals surface area contributed by atoms with Crippen molar-refractivity contribution < 1.29 is 9.53 Å². The van der Waals surface area contributed by atoms with Gasteiger partial charge in [-0.15, -0.1) is 0 Å². The Bertz CT molecular complexity index is 793. The summed E-state index contributed by atoms with van der Waals surface area (Å²) in [5, 5.41) is 1.08. The Labute approximate surface area is 128 Å². The number of rotatable bonds is 4. The van der Waals surface area contributed by atoms with Crippen molar-refractivity contribution in [1.82, 2.24) is 4.98 Å². The molecular weight excluding hydrogens is 276 g/mol. The van der Waals surface area contributed by atoms with Crippen molar-refractivity contribution >= 4 is 16.9 Å². The first-order valence-electron chi connectivity index (χ1n) is 7.18. The molecule has 0 amide bonds. The molecule has 2 aromatic carbocycles. The molecule has 0 spiro atoms. The lowest BCUT2D eigenvalue weighted by molar-refractivity contribution is -0.142. The van der Waals surface area contributed by atoms with E-state index in [4.69, 9.17) is 10.5 Å². The minimum atomic E-state index is -0.649. The maximum absolute atomic E-state index is 11.5. The van der Waals surface area contributed by atoms with Crippen LogP contribution in [0.2, 0.25) is 0 Å². The third kappa shape index (κ3) is 2.61. The smallest absolute Gasteiger partial charge is 0.322 e. The van der Waals surface area contributed by atoms with E-state index in [0.717, 1.165) is 27.6 Å². The predicted molar refractivity (Wildman–Crippen MR) is 87.4 cm³/mol. The molecule has 1 atom stereocenters. The van der Waals surface area contributed by atoms with Gasteiger partial charge in [0.1, 0.15) is 6.04 Å². The third-order valence-corrected chi connectivity index (χ3v) is 3.83. The number of para-hydroxylation sites is 1. The van der Waals surface area contributed by atoms with Gasteiger partial charge in [0, 0.05) is 23.6 Å². The maximum atomic E-state index is 11.5. The number of fused-ring (bicyclic) bond motifs is 1. The van der Waals surface area contributed by atoms with Crippen molar-refractivity contribution in [1.29, 1.82) is 0 Å². The second-order valence-electron chi connectivity index (χ2n) is 5.24. The molecule has 0 aliphatic heterocycles. The zero-order valence-corrected chi connectivity index (χ0v) is 12.4. The number of hydrogen-bond donors (Lipinski definition) is 2. The zero-order chi connectivity index (χ0) is 15.5. The van der Waals surface area contributed by atoms with E-state index >= 15 is 0 Å². The van der Waals surface area contributed by atoms with Gasteiger partial charge in [-0.25, -0.2) is 0 Å². The number of hydrogen-bond acceptors (Lipinski definition) is 3. The number of H-pyrrole nitrogens is 1. The van der Waals surface area contributed by atoms with Gasteiger partial charge in [-0.05, 0) is 11.1 Å². The SMILES string of the molecule is COC(=O)[C@@H](N)Cc1c[nH]c2c(-c3ccccc3)cccc12. The summed E-state index contributed by atoms with van der Waals surface area (Å²) in [7, 11) is 1.35. The molecule has 0 aliphatic rings. The van der Waals surface area contributed by atoms with E-state index in [-0.39, 0.29) is 0 Å². The van der Waals surface area contributed by atoms with Gasteiger partial charge in [-0.1, -0.05) is 48.5 Å².